The van der Waals surface area contributed by atoms with Crippen LogP contribution in [0.5, 0.6) is 0 Å². The summed E-state index contributed by atoms with van der Waals surface area (Å²) in [6.07, 6.45) is 1.94. The lowest BCUT2D eigenvalue weighted by Crippen LogP contribution is -2.48. The van der Waals surface area contributed by atoms with Gasteiger partial charge in [0.05, 0.1) is 6.04 Å². The Bertz CT molecular complexity index is 730. The minimum Gasteiger partial charge on any atom is -0.347 e. The third-order valence-corrected chi connectivity index (χ3v) is 4.28. The highest BCUT2D eigenvalue weighted by Gasteiger charge is 2.32. The van der Waals surface area contributed by atoms with E-state index in [1.165, 1.54) is 12.5 Å². The van der Waals surface area contributed by atoms with Crippen molar-refractivity contribution in [1.82, 2.24) is 10.7 Å². The summed E-state index contributed by atoms with van der Waals surface area (Å²) in [5.41, 5.74) is 5.62. The smallest absolute Gasteiger partial charge is 0.217 e. The van der Waals surface area contributed by atoms with E-state index in [-0.39, 0.29) is 18.1 Å². The molecule has 25 heavy (non-hydrogen) atoms. The van der Waals surface area contributed by atoms with Gasteiger partial charge in [0.15, 0.2) is 5.84 Å². The normalized spacial score (nSPS) is 17.6. The third kappa shape index (κ3) is 4.18. The van der Waals surface area contributed by atoms with Gasteiger partial charge in [-0.25, -0.2) is 0 Å². The van der Waals surface area contributed by atoms with E-state index in [2.05, 4.69) is 57.1 Å². The number of para-hydroxylation sites is 1. The molecule has 1 aliphatic heterocycles. The summed E-state index contributed by atoms with van der Waals surface area (Å²) in [4.78, 5) is 13.6. The molecule has 0 saturated heterocycles. The Kier molecular flexibility index (Phi) is 5.33. The second-order valence-electron chi connectivity index (χ2n) is 6.27. The van der Waals surface area contributed by atoms with E-state index < -0.39 is 0 Å². The lowest BCUT2D eigenvalue weighted by molar-refractivity contribution is -0.119. The van der Waals surface area contributed by atoms with Gasteiger partial charge in [-0.3, -0.25) is 10.2 Å². The van der Waals surface area contributed by atoms with Crippen LogP contribution in [0.3, 0.4) is 0 Å². The Morgan fingerprint density at radius 1 is 1.16 bits per heavy atom. The van der Waals surface area contributed by atoms with Crippen molar-refractivity contribution in [2.24, 2.45) is 5.10 Å². The van der Waals surface area contributed by atoms with Gasteiger partial charge < -0.3 is 10.2 Å². The topological polar surface area (TPSA) is 56.7 Å². The quantitative estimate of drug-likeness (QED) is 0.853. The molecule has 2 N–H and O–H groups in total. The number of anilines is 1. The highest BCUT2D eigenvalue weighted by molar-refractivity contribution is 6.04. The van der Waals surface area contributed by atoms with Gasteiger partial charge in [0.2, 0.25) is 5.91 Å². The monoisotopic (exact) mass is 336 g/mol. The van der Waals surface area contributed by atoms with Gasteiger partial charge >= 0.3 is 0 Å². The van der Waals surface area contributed by atoms with Crippen LogP contribution in [0.15, 0.2) is 65.8 Å². The lowest BCUT2D eigenvalue weighted by Gasteiger charge is -2.29. The van der Waals surface area contributed by atoms with Crippen LogP contribution in [0.1, 0.15) is 25.8 Å². The second-order valence-corrected chi connectivity index (χ2v) is 6.27. The predicted molar refractivity (Wildman–Crippen MR) is 101 cm³/mol. The summed E-state index contributed by atoms with van der Waals surface area (Å²) in [6, 6.07) is 20.5. The van der Waals surface area contributed by atoms with Crippen LogP contribution in [0.4, 0.5) is 5.69 Å². The SMILES string of the molecule is CC(=O)N[C@H](C)C1=NNC(CCc2ccccc2)N1c1ccccc1. The van der Waals surface area contributed by atoms with Crippen LogP contribution in [0.25, 0.3) is 0 Å². The van der Waals surface area contributed by atoms with Crippen LogP contribution in [-0.2, 0) is 11.2 Å². The van der Waals surface area contributed by atoms with Gasteiger partial charge in [0.1, 0.15) is 6.17 Å². The number of nitrogens with one attached hydrogen (secondary N) is 2. The summed E-state index contributed by atoms with van der Waals surface area (Å²) in [6.45, 7) is 3.48. The van der Waals surface area contributed by atoms with Crippen LogP contribution in [0, 0.1) is 0 Å². The standard InChI is InChI=1S/C20H24N4O/c1-15(21-16(2)25)20-23-22-19(14-13-17-9-5-3-6-10-17)24(20)18-11-7-4-8-12-18/h3-12,15,19,22H,13-14H2,1-2H3,(H,21,25)/t15-,19?/m1/s1. The summed E-state index contributed by atoms with van der Waals surface area (Å²) in [5, 5.41) is 7.45. The minimum atomic E-state index is -0.160. The molecule has 1 heterocycles. The van der Waals surface area contributed by atoms with Crippen molar-refractivity contribution in [2.75, 3.05) is 4.90 Å². The first-order valence-corrected chi connectivity index (χ1v) is 8.63. The average molecular weight is 336 g/mol. The predicted octanol–water partition coefficient (Wildman–Crippen LogP) is 2.89. The van der Waals surface area contributed by atoms with Crippen LogP contribution in [0.2, 0.25) is 0 Å². The first kappa shape index (κ1) is 17.0. The third-order valence-electron chi connectivity index (χ3n) is 4.28. The Balaban J connectivity index is 1.77. The van der Waals surface area contributed by atoms with Crippen molar-refractivity contribution < 1.29 is 4.79 Å². The Labute approximate surface area is 148 Å². The summed E-state index contributed by atoms with van der Waals surface area (Å²) >= 11 is 0. The van der Waals surface area contributed by atoms with Crippen molar-refractivity contribution in [1.29, 1.82) is 0 Å². The van der Waals surface area contributed by atoms with E-state index in [1.54, 1.807) is 0 Å². The zero-order chi connectivity index (χ0) is 17.6. The summed E-state index contributed by atoms with van der Waals surface area (Å²) in [7, 11) is 0. The van der Waals surface area contributed by atoms with Gasteiger partial charge in [-0.1, -0.05) is 48.5 Å². The number of benzene rings is 2. The Hall–Kier alpha value is -2.82. The number of hydrogen-bond acceptors (Lipinski definition) is 4. The van der Waals surface area contributed by atoms with E-state index in [0.29, 0.717) is 0 Å². The minimum absolute atomic E-state index is 0.0593. The van der Waals surface area contributed by atoms with Gasteiger partial charge in [-0.15, -0.1) is 0 Å². The molecule has 2 aromatic rings. The summed E-state index contributed by atoms with van der Waals surface area (Å²) < 4.78 is 0. The van der Waals surface area contributed by atoms with Crippen molar-refractivity contribution >= 4 is 17.4 Å². The van der Waals surface area contributed by atoms with Crippen molar-refractivity contribution in [3.63, 3.8) is 0 Å². The Morgan fingerprint density at radius 3 is 2.44 bits per heavy atom. The number of nitrogens with zero attached hydrogens (tertiary/aromatic N) is 2. The second kappa shape index (κ2) is 7.83. The van der Waals surface area contributed by atoms with Crippen LogP contribution >= 0.6 is 0 Å². The van der Waals surface area contributed by atoms with E-state index in [0.717, 1.165) is 24.4 Å². The molecule has 130 valence electrons. The molecule has 0 aliphatic carbocycles. The van der Waals surface area contributed by atoms with E-state index >= 15 is 0 Å². The number of amidine groups is 1. The maximum absolute atomic E-state index is 11.4. The molecular formula is C20H24N4O. The lowest BCUT2D eigenvalue weighted by atomic mass is 10.1. The van der Waals surface area contributed by atoms with Gasteiger partial charge in [0, 0.05) is 12.6 Å². The number of amides is 1. The molecule has 2 atom stereocenters. The van der Waals surface area contributed by atoms with Gasteiger partial charge in [-0.05, 0) is 37.5 Å². The molecule has 0 radical (unpaired) electrons. The number of carbonyl (C=O) groups is 1. The molecular weight excluding hydrogens is 312 g/mol. The molecule has 5 heteroatoms. The zero-order valence-electron chi connectivity index (χ0n) is 14.6. The molecule has 0 saturated carbocycles. The van der Waals surface area contributed by atoms with Gasteiger partial charge in [0.25, 0.3) is 0 Å². The van der Waals surface area contributed by atoms with Crippen molar-refractivity contribution in [2.45, 2.75) is 38.9 Å². The molecule has 2 aromatic carbocycles. The van der Waals surface area contributed by atoms with E-state index in [1.807, 2.05) is 31.2 Å². The molecule has 0 aromatic heterocycles. The van der Waals surface area contributed by atoms with Crippen LogP contribution < -0.4 is 15.6 Å². The molecule has 1 unspecified atom stereocenters. The maximum atomic E-state index is 11.4. The molecule has 3 rings (SSSR count). The number of aryl methyl sites for hydroxylation is 1. The fraction of sp³-hybridized carbons (Fsp3) is 0.300. The van der Waals surface area contributed by atoms with E-state index in [4.69, 9.17) is 0 Å². The van der Waals surface area contributed by atoms with E-state index in [9.17, 15) is 4.79 Å². The number of hydrogen-bond donors (Lipinski definition) is 2. The average Bonchev–Trinajstić information content (AvgIpc) is 3.05. The van der Waals surface area contributed by atoms with Crippen LogP contribution in [-0.4, -0.2) is 24.0 Å². The largest absolute Gasteiger partial charge is 0.347 e. The number of carbonyl (C=O) groups excluding carboxylic acids is 1. The molecule has 1 amide bonds. The van der Waals surface area contributed by atoms with Gasteiger partial charge in [-0.2, -0.15) is 5.10 Å². The molecule has 0 spiro atoms. The zero-order valence-corrected chi connectivity index (χ0v) is 14.6. The highest BCUT2D eigenvalue weighted by Crippen LogP contribution is 2.23. The van der Waals surface area contributed by atoms with Crippen molar-refractivity contribution in [3.05, 3.63) is 66.2 Å². The molecule has 0 bridgehead atoms. The maximum Gasteiger partial charge on any atom is 0.217 e. The number of rotatable bonds is 6. The first-order valence-electron chi connectivity index (χ1n) is 8.63. The Morgan fingerprint density at radius 2 is 1.80 bits per heavy atom. The van der Waals surface area contributed by atoms with Crippen molar-refractivity contribution in [3.8, 4) is 0 Å². The number of hydrazone groups is 1. The fourth-order valence-corrected chi connectivity index (χ4v) is 3.13. The summed E-state index contributed by atoms with van der Waals surface area (Å²) in [5.74, 6) is 0.774. The molecule has 0 fully saturated rings. The molecule has 1 aliphatic rings. The fourth-order valence-electron chi connectivity index (χ4n) is 3.13. The first-order chi connectivity index (χ1) is 12.1. The molecule has 5 nitrogen and oxygen atoms in total. The highest BCUT2D eigenvalue weighted by atomic mass is 16.1.